The highest BCUT2D eigenvalue weighted by atomic mass is 16.7. The first-order valence-corrected chi connectivity index (χ1v) is 30.4. The fourth-order valence-corrected chi connectivity index (χ4v) is 8.90. The molecule has 7 unspecified atom stereocenters. The zero-order valence-corrected chi connectivity index (χ0v) is 47.5. The molecule has 1 saturated heterocycles. The molecule has 432 valence electrons. The van der Waals surface area contributed by atoms with E-state index >= 15 is 0 Å². The Hall–Kier alpha value is -3.16. The van der Waals surface area contributed by atoms with Crippen LogP contribution in [0.15, 0.2) is 85.1 Å². The zero-order valence-electron chi connectivity index (χ0n) is 47.5. The number of rotatable bonds is 51. The number of hydrogen-bond donors (Lipinski definition) is 6. The Balaban J connectivity index is 2.06. The van der Waals surface area contributed by atoms with Gasteiger partial charge < -0.3 is 45.1 Å². The molecular weight excluding hydrogens is 943 g/mol. The third kappa shape index (κ3) is 42.5. The maximum atomic E-state index is 13.0. The normalized spacial score (nSPS) is 19.4. The molecule has 0 aromatic carbocycles. The van der Waals surface area contributed by atoms with Crippen molar-refractivity contribution in [3.63, 3.8) is 0 Å². The second kappa shape index (κ2) is 52.9. The lowest BCUT2D eigenvalue weighted by atomic mass is 9.99. The van der Waals surface area contributed by atoms with Crippen molar-refractivity contribution in [3.8, 4) is 0 Å². The number of esters is 1. The van der Waals surface area contributed by atoms with Crippen LogP contribution in [0, 0.1) is 0 Å². The smallest absolute Gasteiger partial charge is 0.305 e. The highest BCUT2D eigenvalue weighted by molar-refractivity contribution is 5.76. The van der Waals surface area contributed by atoms with Gasteiger partial charge in [-0.05, 0) is 116 Å². The summed E-state index contributed by atoms with van der Waals surface area (Å²) >= 11 is 0. The summed E-state index contributed by atoms with van der Waals surface area (Å²) in [6.07, 6.45) is 61.2. The van der Waals surface area contributed by atoms with Crippen molar-refractivity contribution in [2.45, 2.75) is 288 Å². The van der Waals surface area contributed by atoms with Crippen LogP contribution in [-0.2, 0) is 23.8 Å². The van der Waals surface area contributed by atoms with Gasteiger partial charge in [0, 0.05) is 12.8 Å². The van der Waals surface area contributed by atoms with Crippen LogP contribution >= 0.6 is 0 Å². The molecule has 0 aliphatic carbocycles. The van der Waals surface area contributed by atoms with Crippen LogP contribution in [0.4, 0.5) is 0 Å². The molecule has 7 atom stereocenters. The maximum absolute atomic E-state index is 13.0. The summed E-state index contributed by atoms with van der Waals surface area (Å²) in [5.41, 5.74) is 0. The van der Waals surface area contributed by atoms with Gasteiger partial charge >= 0.3 is 5.97 Å². The van der Waals surface area contributed by atoms with Gasteiger partial charge in [0.1, 0.15) is 24.4 Å². The van der Waals surface area contributed by atoms with Crippen LogP contribution in [0.2, 0.25) is 0 Å². The molecular formula is C64H111NO10. The van der Waals surface area contributed by atoms with E-state index in [-0.39, 0.29) is 18.5 Å². The number of aliphatic hydroxyl groups excluding tert-OH is 5. The number of nitrogens with one attached hydrogen (secondary N) is 1. The molecule has 0 saturated carbocycles. The average Bonchev–Trinajstić information content (AvgIpc) is 3.41. The summed E-state index contributed by atoms with van der Waals surface area (Å²) in [6.45, 7) is 4.12. The fourth-order valence-electron chi connectivity index (χ4n) is 8.90. The van der Waals surface area contributed by atoms with Gasteiger partial charge in [-0.3, -0.25) is 9.59 Å². The summed E-state index contributed by atoms with van der Waals surface area (Å²) in [6, 6.07) is -0.844. The van der Waals surface area contributed by atoms with Crippen molar-refractivity contribution in [1.82, 2.24) is 5.32 Å². The zero-order chi connectivity index (χ0) is 54.5. The first-order chi connectivity index (χ1) is 36.7. The molecule has 6 N–H and O–H groups in total. The minimum Gasteiger partial charge on any atom is -0.466 e. The topological polar surface area (TPSA) is 175 Å². The predicted molar refractivity (Wildman–Crippen MR) is 310 cm³/mol. The van der Waals surface area contributed by atoms with Crippen LogP contribution in [0.3, 0.4) is 0 Å². The van der Waals surface area contributed by atoms with Gasteiger partial charge in [0.25, 0.3) is 0 Å². The van der Waals surface area contributed by atoms with E-state index in [2.05, 4.69) is 92.1 Å². The number of aliphatic hydroxyl groups is 5. The number of hydrogen-bond acceptors (Lipinski definition) is 10. The number of carbonyl (C=O) groups is 2. The molecule has 1 amide bonds. The first kappa shape index (κ1) is 69.9. The molecule has 11 heteroatoms. The Morgan fingerprint density at radius 2 is 0.987 bits per heavy atom. The highest BCUT2D eigenvalue weighted by Gasteiger charge is 2.44. The summed E-state index contributed by atoms with van der Waals surface area (Å²) in [7, 11) is 0. The minimum absolute atomic E-state index is 0.0379. The van der Waals surface area contributed by atoms with E-state index in [9.17, 15) is 35.1 Å². The minimum atomic E-state index is -1.59. The van der Waals surface area contributed by atoms with Gasteiger partial charge in [-0.2, -0.15) is 0 Å². The molecule has 0 bridgehead atoms. The molecule has 0 aromatic rings. The van der Waals surface area contributed by atoms with Crippen molar-refractivity contribution in [2.75, 3.05) is 19.8 Å². The van der Waals surface area contributed by atoms with E-state index in [1.54, 1.807) is 6.08 Å². The third-order valence-corrected chi connectivity index (χ3v) is 13.7. The number of carbonyl (C=O) groups excluding carboxylic acids is 2. The molecule has 11 nitrogen and oxygen atoms in total. The molecule has 1 fully saturated rings. The molecule has 1 aliphatic heterocycles. The lowest BCUT2D eigenvalue weighted by Crippen LogP contribution is -2.60. The molecule has 0 aromatic heterocycles. The largest absolute Gasteiger partial charge is 0.466 e. The lowest BCUT2D eigenvalue weighted by Gasteiger charge is -2.40. The molecule has 1 rings (SSSR count). The Kier molecular flexibility index (Phi) is 49.2. The van der Waals surface area contributed by atoms with Crippen LogP contribution in [0.5, 0.6) is 0 Å². The van der Waals surface area contributed by atoms with Crippen molar-refractivity contribution in [1.29, 1.82) is 0 Å². The lowest BCUT2D eigenvalue weighted by molar-refractivity contribution is -0.302. The number of allylic oxidation sites excluding steroid dienone is 13. The van der Waals surface area contributed by atoms with Crippen LogP contribution in [0.1, 0.15) is 245 Å². The first-order valence-electron chi connectivity index (χ1n) is 30.4. The monoisotopic (exact) mass is 1050 g/mol. The number of amides is 1. The summed E-state index contributed by atoms with van der Waals surface area (Å²) in [5.74, 6) is -0.249. The molecule has 0 radical (unpaired) electrons. The Morgan fingerprint density at radius 3 is 1.53 bits per heavy atom. The van der Waals surface area contributed by atoms with Gasteiger partial charge in [0.2, 0.25) is 5.91 Å². The Labute approximate surface area is 457 Å². The highest BCUT2D eigenvalue weighted by Crippen LogP contribution is 2.23. The van der Waals surface area contributed by atoms with E-state index in [1.807, 2.05) is 6.08 Å². The van der Waals surface area contributed by atoms with Gasteiger partial charge in [-0.25, -0.2) is 0 Å². The van der Waals surface area contributed by atoms with E-state index in [0.717, 1.165) is 103 Å². The van der Waals surface area contributed by atoms with Gasteiger partial charge in [0.15, 0.2) is 6.29 Å². The third-order valence-electron chi connectivity index (χ3n) is 13.7. The van der Waals surface area contributed by atoms with Crippen molar-refractivity contribution in [2.24, 2.45) is 0 Å². The van der Waals surface area contributed by atoms with E-state index in [4.69, 9.17) is 14.2 Å². The second-order valence-corrected chi connectivity index (χ2v) is 20.7. The standard InChI is InChI=1S/C64H111NO10/c1-3-5-7-9-11-13-15-16-17-18-23-26-29-32-36-40-44-48-52-60(69)73-53-49-45-41-37-33-30-27-24-21-19-20-22-25-28-31-35-39-43-47-51-59(68)65-56(55-74-64-63(72)62(71)61(70)58(54-66)75-64)57(67)50-46-42-38-34-14-12-10-8-6-4-2/h6,8,13-15,17-18,24,27,30,33-34,46,50,56-58,61-64,66-67,70-72H,3-5,7,9-12,16,19-23,25-26,28-29,31-32,35-45,47-49,51-55H2,1-2H3,(H,65,68)/b8-6+,15-13-,18-17-,27-24-,33-30-,34-14+,50-46+. The fraction of sp³-hybridized carbons (Fsp3) is 0.750. The van der Waals surface area contributed by atoms with Crippen molar-refractivity contribution >= 4 is 11.9 Å². The van der Waals surface area contributed by atoms with Crippen LogP contribution < -0.4 is 5.32 Å². The second-order valence-electron chi connectivity index (χ2n) is 20.7. The maximum Gasteiger partial charge on any atom is 0.305 e. The predicted octanol–water partition coefficient (Wildman–Crippen LogP) is 14.2. The summed E-state index contributed by atoms with van der Waals surface area (Å²) in [4.78, 5) is 25.1. The van der Waals surface area contributed by atoms with Gasteiger partial charge in [0.05, 0.1) is 32.0 Å². The number of ether oxygens (including phenoxy) is 3. The molecule has 1 heterocycles. The van der Waals surface area contributed by atoms with Crippen molar-refractivity contribution in [3.05, 3.63) is 85.1 Å². The summed E-state index contributed by atoms with van der Waals surface area (Å²) in [5, 5.41) is 54.2. The van der Waals surface area contributed by atoms with Gasteiger partial charge in [-0.1, -0.05) is 202 Å². The Bertz CT molecular complexity index is 1520. The van der Waals surface area contributed by atoms with Crippen LogP contribution in [-0.4, -0.2) is 100 Å². The Morgan fingerprint density at radius 1 is 0.520 bits per heavy atom. The molecule has 75 heavy (non-hydrogen) atoms. The quantitative estimate of drug-likeness (QED) is 0.0149. The van der Waals surface area contributed by atoms with E-state index in [0.29, 0.717) is 25.9 Å². The van der Waals surface area contributed by atoms with Crippen molar-refractivity contribution < 1.29 is 49.3 Å². The molecule has 0 spiro atoms. The van der Waals surface area contributed by atoms with Crippen LogP contribution in [0.25, 0.3) is 0 Å². The SMILES string of the molecule is CC/C=C/CC/C=C/CC/C=C/C(O)C(COC1OC(CO)C(O)C(O)C1O)NC(=O)CCCCCCCCCCCC/C=C\C=C/CCCCCOC(=O)CCCCCCCCC/C=C\C/C=C\CCCCCC. The molecule has 1 aliphatic rings. The van der Waals surface area contributed by atoms with E-state index in [1.165, 1.54) is 109 Å². The van der Waals surface area contributed by atoms with Gasteiger partial charge in [-0.15, -0.1) is 0 Å². The van der Waals surface area contributed by atoms with E-state index < -0.39 is 49.5 Å². The summed E-state index contributed by atoms with van der Waals surface area (Å²) < 4.78 is 16.6. The number of unbranched alkanes of at least 4 members (excludes halogenated alkanes) is 26. The average molecular weight is 1050 g/mol.